The van der Waals surface area contributed by atoms with Gasteiger partial charge in [0.25, 0.3) is 5.91 Å². The summed E-state index contributed by atoms with van der Waals surface area (Å²) in [6, 6.07) is 17.0. The highest BCUT2D eigenvalue weighted by Gasteiger charge is 2.33. The number of fused-ring (bicyclic) bond motifs is 1. The molecule has 0 spiro atoms. The van der Waals surface area contributed by atoms with Gasteiger partial charge in [0.2, 0.25) is 0 Å². The van der Waals surface area contributed by atoms with Gasteiger partial charge < -0.3 is 19.1 Å². The molecule has 1 heterocycles. The van der Waals surface area contributed by atoms with E-state index in [4.69, 9.17) is 14.2 Å². The number of nitrogens with zero attached hydrogens (tertiary/aromatic N) is 1. The fraction of sp³-hybridized carbons (Fsp3) is 0.269. The van der Waals surface area contributed by atoms with Crippen LogP contribution in [-0.4, -0.2) is 38.2 Å². The summed E-state index contributed by atoms with van der Waals surface area (Å²) in [6.07, 6.45) is 0.695. The van der Waals surface area contributed by atoms with Gasteiger partial charge >= 0.3 is 0 Å². The fourth-order valence-electron chi connectivity index (χ4n) is 4.02. The molecule has 0 aromatic heterocycles. The van der Waals surface area contributed by atoms with E-state index >= 15 is 0 Å². The van der Waals surface area contributed by atoms with Crippen LogP contribution in [0.5, 0.6) is 17.2 Å². The average Bonchev–Trinajstić information content (AvgIpc) is 2.82. The van der Waals surface area contributed by atoms with E-state index in [1.165, 1.54) is 12.1 Å². The smallest absolute Gasteiger partial charge is 0.254 e. The lowest BCUT2D eigenvalue weighted by atomic mass is 9.91. The highest BCUT2D eigenvalue weighted by molar-refractivity contribution is 5.94. The van der Waals surface area contributed by atoms with Crippen molar-refractivity contribution in [3.8, 4) is 17.2 Å². The summed E-state index contributed by atoms with van der Waals surface area (Å²) in [7, 11) is 3.20. The minimum absolute atomic E-state index is 0.0573. The Kier molecular flexibility index (Phi) is 6.30. The van der Waals surface area contributed by atoms with E-state index in [1.807, 2.05) is 48.2 Å². The Morgan fingerprint density at radius 2 is 1.66 bits per heavy atom. The quantitative estimate of drug-likeness (QED) is 0.549. The molecule has 1 amide bonds. The normalized spacial score (nSPS) is 15.1. The van der Waals surface area contributed by atoms with E-state index in [1.54, 1.807) is 26.4 Å². The van der Waals surface area contributed by atoms with Crippen LogP contribution >= 0.6 is 0 Å². The largest absolute Gasteiger partial charge is 0.493 e. The molecule has 0 bridgehead atoms. The number of benzene rings is 3. The maximum atomic E-state index is 13.4. The standard InChI is InChI=1S/C26H26FNO4/c1-17-4-6-18(7-5-17)26(29)28-13-12-19-14-24(30-2)25(31-3)15-22(19)23(28)16-32-21-10-8-20(27)9-11-21/h4-11,14-15,23H,12-13,16H2,1-3H3. The van der Waals surface area contributed by atoms with Gasteiger partial charge in [-0.1, -0.05) is 17.7 Å². The SMILES string of the molecule is COc1cc2c(cc1OC)C(COc1ccc(F)cc1)N(C(=O)c1ccc(C)cc1)CC2. The average molecular weight is 435 g/mol. The van der Waals surface area contributed by atoms with Gasteiger partial charge in [0.15, 0.2) is 11.5 Å². The predicted molar refractivity (Wildman–Crippen MR) is 120 cm³/mol. The zero-order valence-corrected chi connectivity index (χ0v) is 18.4. The van der Waals surface area contributed by atoms with E-state index < -0.39 is 0 Å². The molecular weight excluding hydrogens is 409 g/mol. The summed E-state index contributed by atoms with van der Waals surface area (Å²) in [5.74, 6) is 1.42. The summed E-state index contributed by atoms with van der Waals surface area (Å²) in [5, 5.41) is 0. The Balaban J connectivity index is 1.69. The second kappa shape index (κ2) is 9.30. The van der Waals surface area contributed by atoms with Gasteiger partial charge in [-0.2, -0.15) is 0 Å². The molecule has 0 aliphatic carbocycles. The van der Waals surface area contributed by atoms with E-state index in [9.17, 15) is 9.18 Å². The van der Waals surface area contributed by atoms with Crippen LogP contribution in [0.1, 0.15) is 33.1 Å². The van der Waals surface area contributed by atoms with Crippen molar-refractivity contribution in [3.05, 3.63) is 88.7 Å². The molecule has 0 saturated carbocycles. The lowest BCUT2D eigenvalue weighted by Crippen LogP contribution is -2.42. The number of rotatable bonds is 6. The third-order valence-corrected chi connectivity index (χ3v) is 5.78. The first-order valence-electron chi connectivity index (χ1n) is 10.5. The third kappa shape index (κ3) is 4.40. The second-order valence-corrected chi connectivity index (χ2v) is 7.80. The zero-order chi connectivity index (χ0) is 22.7. The maximum Gasteiger partial charge on any atom is 0.254 e. The van der Waals surface area contributed by atoms with Crippen molar-refractivity contribution in [2.75, 3.05) is 27.4 Å². The van der Waals surface area contributed by atoms with Gasteiger partial charge in [-0.25, -0.2) is 4.39 Å². The number of aryl methyl sites for hydroxylation is 1. The van der Waals surface area contributed by atoms with E-state index in [2.05, 4.69) is 0 Å². The van der Waals surface area contributed by atoms with Gasteiger partial charge in [-0.05, 0) is 73.0 Å². The number of methoxy groups -OCH3 is 2. The first-order valence-corrected chi connectivity index (χ1v) is 10.5. The van der Waals surface area contributed by atoms with Crippen LogP contribution in [0.4, 0.5) is 4.39 Å². The second-order valence-electron chi connectivity index (χ2n) is 7.80. The van der Waals surface area contributed by atoms with E-state index in [-0.39, 0.29) is 24.4 Å². The van der Waals surface area contributed by atoms with E-state index in [0.29, 0.717) is 35.8 Å². The molecule has 6 heteroatoms. The summed E-state index contributed by atoms with van der Waals surface area (Å²) in [6.45, 7) is 2.77. The van der Waals surface area contributed by atoms with Crippen LogP contribution in [0, 0.1) is 12.7 Å². The number of ether oxygens (including phenoxy) is 3. The number of carbonyl (C=O) groups excluding carboxylic acids is 1. The third-order valence-electron chi connectivity index (χ3n) is 5.78. The Labute approximate surface area is 187 Å². The molecule has 1 atom stereocenters. The molecule has 0 fully saturated rings. The first-order chi connectivity index (χ1) is 15.5. The van der Waals surface area contributed by atoms with Gasteiger partial charge in [-0.15, -0.1) is 0 Å². The topological polar surface area (TPSA) is 48.0 Å². The van der Waals surface area contributed by atoms with Crippen LogP contribution in [0.2, 0.25) is 0 Å². The maximum absolute atomic E-state index is 13.4. The zero-order valence-electron chi connectivity index (χ0n) is 18.4. The van der Waals surface area contributed by atoms with Crippen molar-refractivity contribution >= 4 is 5.91 Å². The van der Waals surface area contributed by atoms with Crippen molar-refractivity contribution in [2.24, 2.45) is 0 Å². The number of halogens is 1. The minimum Gasteiger partial charge on any atom is -0.493 e. The van der Waals surface area contributed by atoms with Crippen LogP contribution in [-0.2, 0) is 6.42 Å². The molecule has 1 unspecified atom stereocenters. The van der Waals surface area contributed by atoms with Crippen molar-refractivity contribution in [1.82, 2.24) is 4.90 Å². The molecule has 3 aromatic carbocycles. The minimum atomic E-state index is -0.336. The van der Waals surface area contributed by atoms with Gasteiger partial charge in [-0.3, -0.25) is 4.79 Å². The number of amides is 1. The molecule has 3 aromatic rings. The molecule has 0 radical (unpaired) electrons. The first kappa shape index (κ1) is 21.7. The Bertz CT molecular complexity index is 1100. The summed E-state index contributed by atoms with van der Waals surface area (Å²) >= 11 is 0. The highest BCUT2D eigenvalue weighted by Crippen LogP contribution is 2.39. The summed E-state index contributed by atoms with van der Waals surface area (Å²) < 4.78 is 30.2. The van der Waals surface area contributed by atoms with Crippen molar-refractivity contribution in [2.45, 2.75) is 19.4 Å². The lowest BCUT2D eigenvalue weighted by molar-refractivity contribution is 0.0589. The van der Waals surface area contributed by atoms with Gasteiger partial charge in [0.1, 0.15) is 18.2 Å². The van der Waals surface area contributed by atoms with Crippen LogP contribution in [0.3, 0.4) is 0 Å². The highest BCUT2D eigenvalue weighted by atomic mass is 19.1. The summed E-state index contributed by atoms with van der Waals surface area (Å²) in [4.78, 5) is 15.3. The van der Waals surface area contributed by atoms with Gasteiger partial charge in [0.05, 0.1) is 20.3 Å². The molecule has 0 N–H and O–H groups in total. The Hall–Kier alpha value is -3.54. The van der Waals surface area contributed by atoms with Gasteiger partial charge in [0, 0.05) is 12.1 Å². The molecule has 4 rings (SSSR count). The summed E-state index contributed by atoms with van der Waals surface area (Å²) in [5.41, 5.74) is 3.77. The molecular formula is C26H26FNO4. The Morgan fingerprint density at radius 1 is 1.00 bits per heavy atom. The van der Waals surface area contributed by atoms with Crippen molar-refractivity contribution in [1.29, 1.82) is 0 Å². The predicted octanol–water partition coefficient (Wildman–Crippen LogP) is 4.97. The number of hydrogen-bond donors (Lipinski definition) is 0. The fourth-order valence-corrected chi connectivity index (χ4v) is 4.02. The molecule has 0 saturated heterocycles. The molecule has 5 nitrogen and oxygen atoms in total. The van der Waals surface area contributed by atoms with Crippen LogP contribution in [0.15, 0.2) is 60.7 Å². The van der Waals surface area contributed by atoms with Crippen molar-refractivity contribution < 1.29 is 23.4 Å². The molecule has 166 valence electrons. The lowest BCUT2D eigenvalue weighted by Gasteiger charge is -2.37. The van der Waals surface area contributed by atoms with Crippen molar-refractivity contribution in [3.63, 3.8) is 0 Å². The monoisotopic (exact) mass is 435 g/mol. The van der Waals surface area contributed by atoms with E-state index in [0.717, 1.165) is 16.7 Å². The van der Waals surface area contributed by atoms with Crippen LogP contribution < -0.4 is 14.2 Å². The number of hydrogen-bond acceptors (Lipinski definition) is 4. The molecule has 32 heavy (non-hydrogen) atoms. The number of carbonyl (C=O) groups is 1. The van der Waals surface area contributed by atoms with Crippen LogP contribution in [0.25, 0.3) is 0 Å². The molecule has 1 aliphatic rings. The molecule has 1 aliphatic heterocycles. The Morgan fingerprint density at radius 3 is 2.31 bits per heavy atom.